The van der Waals surface area contributed by atoms with Crippen molar-refractivity contribution in [2.75, 3.05) is 12.0 Å². The molecule has 3 aliphatic rings. The molecule has 5 heteroatoms. The molecule has 0 N–H and O–H groups in total. The topological polar surface area (TPSA) is 63.7 Å². The maximum Gasteiger partial charge on any atom is 0.238 e. The molecule has 1 saturated carbocycles. The van der Waals surface area contributed by atoms with Gasteiger partial charge in [-0.15, -0.1) is 0 Å². The van der Waals surface area contributed by atoms with E-state index < -0.39 is 11.8 Å². The molecular formula is C31H25NO4. The summed E-state index contributed by atoms with van der Waals surface area (Å²) in [5.74, 6) is -1.51. The van der Waals surface area contributed by atoms with E-state index in [1.54, 1.807) is 18.2 Å². The fourth-order valence-electron chi connectivity index (χ4n) is 6.13. The Morgan fingerprint density at radius 3 is 1.75 bits per heavy atom. The Hall–Kier alpha value is -4.25. The van der Waals surface area contributed by atoms with Crippen LogP contribution in [0.4, 0.5) is 5.69 Å². The Labute approximate surface area is 209 Å². The fraction of sp³-hybridized carbons (Fsp3) is 0.194. The average molecular weight is 476 g/mol. The molecule has 4 atom stereocenters. The number of methoxy groups -OCH3 is 1. The Morgan fingerprint density at radius 1 is 0.750 bits per heavy atom. The summed E-state index contributed by atoms with van der Waals surface area (Å²) >= 11 is 0. The van der Waals surface area contributed by atoms with Crippen molar-refractivity contribution in [3.63, 3.8) is 0 Å². The van der Waals surface area contributed by atoms with Crippen LogP contribution in [0.2, 0.25) is 0 Å². The normalized spacial score (nSPS) is 23.8. The zero-order valence-corrected chi connectivity index (χ0v) is 20.0. The standard InChI is InChI=1S/C31H25NO4/c1-18(33)21-13-16-25(36-2)24(17-21)32-30(34)28-22-14-15-23(29(28)31(32)35)27(22)26(19-9-5-3-6-10-19)20-11-7-4-8-12-20/h3-17,22-23,28-29H,1-2H3/t22-,23+,28-,29+. The van der Waals surface area contributed by atoms with Crippen LogP contribution in [0.1, 0.15) is 28.4 Å². The van der Waals surface area contributed by atoms with E-state index in [1.807, 2.05) is 36.4 Å². The summed E-state index contributed by atoms with van der Waals surface area (Å²) < 4.78 is 5.47. The Bertz CT molecular complexity index is 1380. The number of carbonyl (C=O) groups excluding carboxylic acids is 3. The van der Waals surface area contributed by atoms with E-state index in [0.717, 1.165) is 22.3 Å². The first-order valence-corrected chi connectivity index (χ1v) is 12.1. The molecule has 1 heterocycles. The number of imide groups is 1. The van der Waals surface area contributed by atoms with Gasteiger partial charge in [-0.1, -0.05) is 72.8 Å². The molecule has 5 nitrogen and oxygen atoms in total. The molecule has 1 saturated heterocycles. The average Bonchev–Trinajstić information content (AvgIpc) is 3.54. The molecule has 0 aromatic heterocycles. The molecule has 2 fully saturated rings. The van der Waals surface area contributed by atoms with Gasteiger partial charge in [-0.3, -0.25) is 14.4 Å². The molecular weight excluding hydrogens is 450 g/mol. The number of hydrogen-bond acceptors (Lipinski definition) is 4. The smallest absolute Gasteiger partial charge is 0.238 e. The molecule has 2 amide bonds. The minimum atomic E-state index is -0.476. The molecule has 0 spiro atoms. The number of nitrogens with zero attached hydrogens (tertiary/aromatic N) is 1. The molecule has 3 aromatic carbocycles. The van der Waals surface area contributed by atoms with Crippen molar-refractivity contribution in [2.45, 2.75) is 6.92 Å². The van der Waals surface area contributed by atoms with Crippen molar-refractivity contribution in [3.05, 3.63) is 113 Å². The number of Topliss-reactive ketones (excluding diaryl/α,β-unsaturated/α-hetero) is 1. The lowest BCUT2D eigenvalue weighted by atomic mass is 9.85. The number of rotatable bonds is 5. The molecule has 0 unspecified atom stereocenters. The minimum absolute atomic E-state index is 0.138. The fourth-order valence-corrected chi connectivity index (χ4v) is 6.13. The Kier molecular flexibility index (Phi) is 5.22. The van der Waals surface area contributed by atoms with E-state index >= 15 is 0 Å². The number of amides is 2. The third-order valence-corrected chi connectivity index (χ3v) is 7.66. The summed E-state index contributed by atoms with van der Waals surface area (Å²) in [6.45, 7) is 1.46. The number of allylic oxidation sites excluding steroid dienone is 3. The van der Waals surface area contributed by atoms with Crippen molar-refractivity contribution >= 4 is 28.9 Å². The van der Waals surface area contributed by atoms with Crippen LogP contribution in [-0.4, -0.2) is 24.7 Å². The lowest BCUT2D eigenvalue weighted by Crippen LogP contribution is -2.33. The van der Waals surface area contributed by atoms with Crippen LogP contribution in [0.15, 0.2) is 96.6 Å². The number of benzene rings is 3. The number of ketones is 1. The van der Waals surface area contributed by atoms with Gasteiger partial charge in [0.1, 0.15) is 5.75 Å². The second-order valence-corrected chi connectivity index (χ2v) is 9.51. The van der Waals surface area contributed by atoms with Crippen LogP contribution in [-0.2, 0) is 9.59 Å². The zero-order valence-electron chi connectivity index (χ0n) is 20.0. The number of fused-ring (bicyclic) bond motifs is 5. The predicted molar refractivity (Wildman–Crippen MR) is 137 cm³/mol. The SMILES string of the molecule is COc1ccc(C(C)=O)cc1N1C(=O)[C@@H]2[C@H](C1=O)[C@@H]1C=C[C@H]2C1=C(c1ccccc1)c1ccccc1. The van der Waals surface area contributed by atoms with E-state index in [4.69, 9.17) is 4.74 Å². The van der Waals surface area contributed by atoms with Gasteiger partial charge >= 0.3 is 0 Å². The first kappa shape index (κ1) is 22.2. The van der Waals surface area contributed by atoms with Crippen molar-refractivity contribution in [1.29, 1.82) is 0 Å². The van der Waals surface area contributed by atoms with Crippen LogP contribution in [0, 0.1) is 23.7 Å². The van der Waals surface area contributed by atoms with Gasteiger partial charge in [0.05, 0.1) is 24.6 Å². The van der Waals surface area contributed by atoms with E-state index in [-0.39, 0.29) is 29.4 Å². The van der Waals surface area contributed by atoms with Crippen LogP contribution < -0.4 is 9.64 Å². The quantitative estimate of drug-likeness (QED) is 0.285. The highest BCUT2D eigenvalue weighted by atomic mass is 16.5. The predicted octanol–water partition coefficient (Wildman–Crippen LogP) is 5.32. The second-order valence-electron chi connectivity index (χ2n) is 9.51. The van der Waals surface area contributed by atoms with Gasteiger partial charge < -0.3 is 4.74 Å². The van der Waals surface area contributed by atoms with Crippen molar-refractivity contribution in [2.24, 2.45) is 23.7 Å². The van der Waals surface area contributed by atoms with Gasteiger partial charge in [0.15, 0.2) is 5.78 Å². The highest BCUT2D eigenvalue weighted by Crippen LogP contribution is 2.59. The third kappa shape index (κ3) is 3.19. The summed E-state index contributed by atoms with van der Waals surface area (Å²) in [4.78, 5) is 41.0. The number of carbonyl (C=O) groups is 3. The third-order valence-electron chi connectivity index (χ3n) is 7.66. The summed E-state index contributed by atoms with van der Waals surface area (Å²) in [5.41, 5.74) is 5.14. The lowest BCUT2D eigenvalue weighted by Gasteiger charge is -2.23. The van der Waals surface area contributed by atoms with Gasteiger partial charge in [-0.2, -0.15) is 0 Å². The summed E-state index contributed by atoms with van der Waals surface area (Å²) in [5, 5.41) is 0. The maximum absolute atomic E-state index is 13.9. The monoisotopic (exact) mass is 475 g/mol. The van der Waals surface area contributed by atoms with Gasteiger partial charge in [0, 0.05) is 17.4 Å². The van der Waals surface area contributed by atoms with Crippen LogP contribution in [0.5, 0.6) is 5.75 Å². The van der Waals surface area contributed by atoms with E-state index in [9.17, 15) is 14.4 Å². The van der Waals surface area contributed by atoms with Crippen LogP contribution >= 0.6 is 0 Å². The second kappa shape index (κ2) is 8.45. The molecule has 0 radical (unpaired) electrons. The molecule has 1 aliphatic heterocycles. The van der Waals surface area contributed by atoms with Crippen LogP contribution in [0.25, 0.3) is 5.57 Å². The molecule has 2 aliphatic carbocycles. The van der Waals surface area contributed by atoms with Gasteiger partial charge in [-0.25, -0.2) is 4.90 Å². The first-order valence-electron chi connectivity index (χ1n) is 12.1. The van der Waals surface area contributed by atoms with E-state index in [1.165, 1.54) is 18.9 Å². The van der Waals surface area contributed by atoms with E-state index in [0.29, 0.717) is 17.0 Å². The van der Waals surface area contributed by atoms with Crippen LogP contribution in [0.3, 0.4) is 0 Å². The van der Waals surface area contributed by atoms with E-state index in [2.05, 4.69) is 36.4 Å². The summed E-state index contributed by atoms with van der Waals surface area (Å²) in [7, 11) is 1.50. The van der Waals surface area contributed by atoms with Gasteiger partial charge in [0.25, 0.3) is 0 Å². The minimum Gasteiger partial charge on any atom is -0.495 e. The first-order chi connectivity index (χ1) is 17.5. The molecule has 3 aromatic rings. The van der Waals surface area contributed by atoms with Crippen molar-refractivity contribution < 1.29 is 19.1 Å². The van der Waals surface area contributed by atoms with Crippen molar-refractivity contribution in [1.82, 2.24) is 0 Å². The maximum atomic E-state index is 13.9. The highest BCUT2D eigenvalue weighted by Gasteiger charge is 2.62. The van der Waals surface area contributed by atoms with Crippen molar-refractivity contribution in [3.8, 4) is 5.75 Å². The molecule has 36 heavy (non-hydrogen) atoms. The molecule has 2 bridgehead atoms. The molecule has 178 valence electrons. The van der Waals surface area contributed by atoms with Gasteiger partial charge in [0.2, 0.25) is 11.8 Å². The summed E-state index contributed by atoms with van der Waals surface area (Å²) in [6.07, 6.45) is 4.18. The Balaban J connectivity index is 1.48. The summed E-state index contributed by atoms with van der Waals surface area (Å²) in [6, 6.07) is 25.2. The number of anilines is 1. The molecule has 6 rings (SSSR count). The van der Waals surface area contributed by atoms with Gasteiger partial charge in [-0.05, 0) is 47.4 Å². The largest absolute Gasteiger partial charge is 0.495 e. The number of ether oxygens (including phenoxy) is 1. The lowest BCUT2D eigenvalue weighted by molar-refractivity contribution is -0.123. The Morgan fingerprint density at radius 2 is 1.28 bits per heavy atom. The number of hydrogen-bond donors (Lipinski definition) is 0. The highest BCUT2D eigenvalue weighted by molar-refractivity contribution is 6.24. The zero-order chi connectivity index (χ0) is 25.0.